The molecule has 0 N–H and O–H groups in total. The van der Waals surface area contributed by atoms with Gasteiger partial charge in [0.25, 0.3) is 0 Å². The number of hydrogen-bond acceptors (Lipinski definition) is 3. The van der Waals surface area contributed by atoms with Gasteiger partial charge in [0.15, 0.2) is 17.5 Å². The van der Waals surface area contributed by atoms with Gasteiger partial charge in [-0.2, -0.15) is 0 Å². The summed E-state index contributed by atoms with van der Waals surface area (Å²) in [4.78, 5) is 15.0. The number of nitrogens with zero attached hydrogens (tertiary/aromatic N) is 4. The van der Waals surface area contributed by atoms with Crippen molar-refractivity contribution in [1.29, 1.82) is 0 Å². The summed E-state index contributed by atoms with van der Waals surface area (Å²) in [6.07, 6.45) is 2.36. The van der Waals surface area contributed by atoms with E-state index in [0.717, 1.165) is 22.4 Å². The SMILES string of the molecule is CC1(C)CCC(C)(C)c2cc3c(cc21)c1cc2ccccc2cc1n3-c1cccc(-c2nc(-c3ccccc3)nc(-c3ccccc3)n2)c1. The smallest absolute Gasteiger partial charge is 0.164 e. The van der Waals surface area contributed by atoms with Gasteiger partial charge in [0.2, 0.25) is 0 Å². The van der Waals surface area contributed by atoms with E-state index in [1.807, 2.05) is 36.4 Å². The molecule has 4 nitrogen and oxygen atoms in total. The first kappa shape index (κ1) is 29.5. The molecule has 1 aliphatic rings. The van der Waals surface area contributed by atoms with Crippen molar-refractivity contribution in [3.8, 4) is 39.9 Å². The summed E-state index contributed by atoms with van der Waals surface area (Å²) in [5.74, 6) is 1.98. The van der Waals surface area contributed by atoms with Crippen LogP contribution in [0.25, 0.3) is 72.4 Å². The van der Waals surface area contributed by atoms with E-state index in [1.165, 1.54) is 56.5 Å². The van der Waals surface area contributed by atoms with Gasteiger partial charge in [-0.05, 0) is 82.0 Å². The van der Waals surface area contributed by atoms with Crippen molar-refractivity contribution in [1.82, 2.24) is 19.5 Å². The first-order chi connectivity index (χ1) is 23.7. The number of aromatic nitrogens is 4. The largest absolute Gasteiger partial charge is 0.309 e. The molecule has 9 rings (SSSR count). The molecule has 0 saturated heterocycles. The molecule has 0 aliphatic heterocycles. The quantitative estimate of drug-likeness (QED) is 0.193. The zero-order chi connectivity index (χ0) is 33.3. The van der Waals surface area contributed by atoms with Crippen LogP contribution < -0.4 is 0 Å². The summed E-state index contributed by atoms with van der Waals surface area (Å²) in [6.45, 7) is 9.63. The third-order valence-corrected chi connectivity index (χ3v) is 10.7. The lowest BCUT2D eigenvalue weighted by Gasteiger charge is -2.42. The van der Waals surface area contributed by atoms with Crippen LogP contribution in [0.3, 0.4) is 0 Å². The van der Waals surface area contributed by atoms with Crippen LogP contribution in [-0.4, -0.2) is 19.5 Å². The maximum Gasteiger partial charge on any atom is 0.164 e. The van der Waals surface area contributed by atoms with E-state index >= 15 is 0 Å². The summed E-state index contributed by atoms with van der Waals surface area (Å²) in [6, 6.07) is 47.4. The second-order valence-electron chi connectivity index (χ2n) is 14.8. The van der Waals surface area contributed by atoms with Crippen LogP contribution in [0.2, 0.25) is 0 Å². The van der Waals surface area contributed by atoms with Gasteiger partial charge in [0.1, 0.15) is 0 Å². The number of benzene rings is 6. The van der Waals surface area contributed by atoms with Crippen LogP contribution in [0.15, 0.2) is 133 Å². The maximum atomic E-state index is 5.05. The molecule has 0 bridgehead atoms. The fourth-order valence-electron chi connectivity index (χ4n) is 7.76. The van der Waals surface area contributed by atoms with E-state index < -0.39 is 0 Å². The summed E-state index contributed by atoms with van der Waals surface area (Å²) >= 11 is 0. The molecule has 0 unspecified atom stereocenters. The van der Waals surface area contributed by atoms with Gasteiger partial charge in [0.05, 0.1) is 11.0 Å². The Kier molecular flexibility index (Phi) is 6.61. The second kappa shape index (κ2) is 11.0. The van der Waals surface area contributed by atoms with E-state index in [0.29, 0.717) is 17.5 Å². The molecular formula is C45H38N4. The fraction of sp³-hybridized carbons (Fsp3) is 0.178. The van der Waals surface area contributed by atoms with Crippen molar-refractivity contribution < 1.29 is 0 Å². The molecule has 49 heavy (non-hydrogen) atoms. The summed E-state index contributed by atoms with van der Waals surface area (Å²) < 4.78 is 2.45. The predicted octanol–water partition coefficient (Wildman–Crippen LogP) is 11.5. The van der Waals surface area contributed by atoms with Crippen molar-refractivity contribution in [2.75, 3.05) is 0 Å². The molecule has 1 aliphatic carbocycles. The Labute approximate surface area is 287 Å². The Morgan fingerprint density at radius 2 is 0.918 bits per heavy atom. The minimum Gasteiger partial charge on any atom is -0.309 e. The first-order valence-electron chi connectivity index (χ1n) is 17.2. The van der Waals surface area contributed by atoms with Gasteiger partial charge < -0.3 is 4.57 Å². The molecule has 2 heterocycles. The molecule has 6 aromatic carbocycles. The van der Waals surface area contributed by atoms with Crippen molar-refractivity contribution >= 4 is 32.6 Å². The Balaban J connectivity index is 1.31. The Hall–Kier alpha value is -5.61. The molecule has 4 heteroatoms. The highest BCUT2D eigenvalue weighted by Crippen LogP contribution is 2.49. The highest BCUT2D eigenvalue weighted by Gasteiger charge is 2.38. The maximum absolute atomic E-state index is 5.05. The molecule has 0 radical (unpaired) electrons. The summed E-state index contributed by atoms with van der Waals surface area (Å²) in [5.41, 5.74) is 9.55. The Morgan fingerprint density at radius 1 is 0.449 bits per heavy atom. The van der Waals surface area contributed by atoms with E-state index in [4.69, 9.17) is 15.0 Å². The van der Waals surface area contributed by atoms with Crippen LogP contribution in [0.4, 0.5) is 0 Å². The van der Waals surface area contributed by atoms with Gasteiger partial charge >= 0.3 is 0 Å². The van der Waals surface area contributed by atoms with Gasteiger partial charge in [0, 0.05) is 33.2 Å². The number of rotatable bonds is 4. The van der Waals surface area contributed by atoms with Gasteiger partial charge in [-0.15, -0.1) is 0 Å². The highest BCUT2D eigenvalue weighted by atomic mass is 15.0. The Morgan fingerprint density at radius 3 is 1.53 bits per heavy atom. The molecule has 0 atom stereocenters. The second-order valence-corrected chi connectivity index (χ2v) is 14.8. The lowest BCUT2D eigenvalue weighted by molar-refractivity contribution is 0.332. The number of hydrogen-bond donors (Lipinski definition) is 0. The van der Waals surface area contributed by atoms with E-state index in [9.17, 15) is 0 Å². The van der Waals surface area contributed by atoms with Gasteiger partial charge in [-0.3, -0.25) is 0 Å². The van der Waals surface area contributed by atoms with Crippen molar-refractivity contribution in [2.24, 2.45) is 0 Å². The molecular weight excluding hydrogens is 597 g/mol. The van der Waals surface area contributed by atoms with Crippen LogP contribution in [0.5, 0.6) is 0 Å². The lowest BCUT2D eigenvalue weighted by atomic mass is 9.63. The predicted molar refractivity (Wildman–Crippen MR) is 203 cm³/mol. The standard InChI is InChI=1S/C45H38N4/c1-44(2)22-23-45(3,4)38-28-40-36(27-37(38)44)35-25-31-18-11-12-19-32(31)26-39(35)49(40)34-21-13-20-33(24-34)43-47-41(29-14-7-5-8-15-29)46-42(48-43)30-16-9-6-10-17-30/h5-21,24-28H,22-23H2,1-4H3. The molecule has 0 saturated carbocycles. The van der Waals surface area contributed by atoms with Crippen molar-refractivity contribution in [2.45, 2.75) is 51.4 Å². The molecule has 238 valence electrons. The highest BCUT2D eigenvalue weighted by molar-refractivity contribution is 6.14. The van der Waals surface area contributed by atoms with Crippen LogP contribution in [0.1, 0.15) is 51.7 Å². The normalized spacial score (nSPS) is 15.1. The van der Waals surface area contributed by atoms with Crippen LogP contribution in [-0.2, 0) is 10.8 Å². The summed E-state index contributed by atoms with van der Waals surface area (Å²) in [5, 5.41) is 5.07. The third kappa shape index (κ3) is 4.93. The zero-order valence-corrected chi connectivity index (χ0v) is 28.4. The minimum absolute atomic E-state index is 0.0967. The van der Waals surface area contributed by atoms with Crippen LogP contribution >= 0.6 is 0 Å². The van der Waals surface area contributed by atoms with E-state index in [1.54, 1.807) is 0 Å². The zero-order valence-electron chi connectivity index (χ0n) is 28.4. The van der Waals surface area contributed by atoms with E-state index in [2.05, 4.69) is 129 Å². The lowest BCUT2D eigenvalue weighted by Crippen LogP contribution is -2.33. The van der Waals surface area contributed by atoms with Gasteiger partial charge in [-0.25, -0.2) is 15.0 Å². The van der Waals surface area contributed by atoms with Crippen molar-refractivity contribution in [3.05, 3.63) is 145 Å². The first-order valence-corrected chi connectivity index (χ1v) is 17.2. The molecule has 2 aromatic heterocycles. The molecule has 0 spiro atoms. The fourth-order valence-corrected chi connectivity index (χ4v) is 7.76. The third-order valence-electron chi connectivity index (χ3n) is 10.7. The van der Waals surface area contributed by atoms with Gasteiger partial charge in [-0.1, -0.05) is 125 Å². The minimum atomic E-state index is 0.0967. The van der Waals surface area contributed by atoms with Crippen LogP contribution in [0, 0.1) is 0 Å². The Bertz CT molecular complexity index is 2480. The average molecular weight is 635 g/mol. The average Bonchev–Trinajstić information content (AvgIpc) is 3.45. The molecule has 8 aromatic rings. The molecule has 0 fully saturated rings. The monoisotopic (exact) mass is 634 g/mol. The van der Waals surface area contributed by atoms with Crippen molar-refractivity contribution in [3.63, 3.8) is 0 Å². The topological polar surface area (TPSA) is 43.6 Å². The summed E-state index contributed by atoms with van der Waals surface area (Å²) in [7, 11) is 0. The number of fused-ring (bicyclic) bond motifs is 5. The molecule has 0 amide bonds. The van der Waals surface area contributed by atoms with E-state index in [-0.39, 0.29) is 10.8 Å².